The van der Waals surface area contributed by atoms with Crippen LogP contribution in [0.3, 0.4) is 0 Å². The van der Waals surface area contributed by atoms with Crippen LogP contribution in [0, 0.1) is 0 Å². The van der Waals surface area contributed by atoms with Crippen molar-refractivity contribution in [3.8, 4) is 11.5 Å². The van der Waals surface area contributed by atoms with Gasteiger partial charge in [-0.1, -0.05) is 45.7 Å². The van der Waals surface area contributed by atoms with Gasteiger partial charge in [-0.15, -0.1) is 0 Å². The Labute approximate surface area is 198 Å². The van der Waals surface area contributed by atoms with Gasteiger partial charge in [0.2, 0.25) is 0 Å². The molecule has 0 aromatic heterocycles. The van der Waals surface area contributed by atoms with Crippen LogP contribution in [0.5, 0.6) is 11.5 Å². The number of carbonyl (C=O) groups is 2. The van der Waals surface area contributed by atoms with E-state index in [1.807, 2.05) is 12.1 Å². The smallest absolute Gasteiger partial charge is 0.282 e. The van der Waals surface area contributed by atoms with E-state index in [1.165, 1.54) is 18.2 Å². The highest BCUT2D eigenvalue weighted by atomic mass is 79.9. The monoisotopic (exact) mass is 512 g/mol. The largest absolute Gasteiger partial charge is 0.493 e. The Balaban J connectivity index is 1.53. The third-order valence-electron chi connectivity index (χ3n) is 4.78. The van der Waals surface area contributed by atoms with Crippen molar-refractivity contribution in [2.24, 2.45) is 0 Å². The molecule has 8 heteroatoms. The minimum absolute atomic E-state index is 0.0322. The number of ether oxygens (including phenoxy) is 2. The minimum Gasteiger partial charge on any atom is -0.493 e. The molecule has 0 saturated carbocycles. The Kier molecular flexibility index (Phi) is 6.48. The first-order valence-electron chi connectivity index (χ1n) is 9.62. The normalized spacial score (nSPS) is 14.6. The second-order valence-electron chi connectivity index (χ2n) is 6.94. The predicted octanol–water partition coefficient (Wildman–Crippen LogP) is 5.15. The number of nitrogens with one attached hydrogen (secondary N) is 1. The Morgan fingerprint density at radius 2 is 1.72 bits per heavy atom. The van der Waals surface area contributed by atoms with Crippen LogP contribution in [0.15, 0.2) is 76.8 Å². The van der Waals surface area contributed by atoms with Crippen LogP contribution in [0.1, 0.15) is 11.1 Å². The second kappa shape index (κ2) is 9.46. The van der Waals surface area contributed by atoms with Crippen molar-refractivity contribution < 1.29 is 19.1 Å². The molecule has 6 nitrogen and oxygen atoms in total. The number of rotatable bonds is 6. The van der Waals surface area contributed by atoms with Crippen LogP contribution < -0.4 is 19.9 Å². The van der Waals surface area contributed by atoms with Crippen molar-refractivity contribution >= 4 is 51.1 Å². The summed E-state index contributed by atoms with van der Waals surface area (Å²) in [7, 11) is 1.53. The standard InChI is InChI=1S/C24H18BrClN2O4/c1-31-22-13-16(4-11-21(22)32-14-15-2-7-18(26)8-3-15)12-20-23(29)27-28(24(20)30)19-9-5-17(25)6-10-19/h2-13H,14H2,1H3,(H,27,29). The fraction of sp³-hybridized carbons (Fsp3) is 0.0833. The zero-order chi connectivity index (χ0) is 22.7. The molecule has 162 valence electrons. The molecule has 0 unspecified atom stereocenters. The van der Waals surface area contributed by atoms with E-state index >= 15 is 0 Å². The number of methoxy groups -OCH3 is 1. The van der Waals surface area contributed by atoms with E-state index in [1.54, 1.807) is 54.6 Å². The number of hydrazine groups is 1. The molecular formula is C24H18BrClN2O4. The third-order valence-corrected chi connectivity index (χ3v) is 5.56. The van der Waals surface area contributed by atoms with Crippen molar-refractivity contribution in [1.82, 2.24) is 5.43 Å². The highest BCUT2D eigenvalue weighted by Crippen LogP contribution is 2.31. The molecule has 0 bridgehead atoms. The quantitative estimate of drug-likeness (QED) is 0.366. The average Bonchev–Trinajstić information content (AvgIpc) is 3.08. The van der Waals surface area contributed by atoms with Crippen molar-refractivity contribution in [3.63, 3.8) is 0 Å². The Morgan fingerprint density at radius 1 is 1.00 bits per heavy atom. The van der Waals surface area contributed by atoms with Gasteiger partial charge in [0.05, 0.1) is 12.8 Å². The van der Waals surface area contributed by atoms with Crippen LogP contribution in [0.2, 0.25) is 5.02 Å². The molecule has 32 heavy (non-hydrogen) atoms. The molecule has 0 aliphatic carbocycles. The molecule has 3 aromatic rings. The molecule has 1 fully saturated rings. The first kappa shape index (κ1) is 21.9. The molecule has 1 heterocycles. The lowest BCUT2D eigenvalue weighted by molar-refractivity contribution is -0.117. The van der Waals surface area contributed by atoms with Crippen molar-refractivity contribution in [1.29, 1.82) is 0 Å². The summed E-state index contributed by atoms with van der Waals surface area (Å²) >= 11 is 9.26. The van der Waals surface area contributed by atoms with E-state index in [0.717, 1.165) is 10.0 Å². The summed E-state index contributed by atoms with van der Waals surface area (Å²) in [5, 5.41) is 1.88. The topological polar surface area (TPSA) is 67.9 Å². The fourth-order valence-corrected chi connectivity index (χ4v) is 3.52. The zero-order valence-corrected chi connectivity index (χ0v) is 19.3. The molecule has 1 aliphatic heterocycles. The molecule has 1 saturated heterocycles. The predicted molar refractivity (Wildman–Crippen MR) is 127 cm³/mol. The van der Waals surface area contributed by atoms with E-state index < -0.39 is 11.8 Å². The maximum atomic E-state index is 12.8. The zero-order valence-electron chi connectivity index (χ0n) is 17.0. The summed E-state index contributed by atoms with van der Waals surface area (Å²) in [6.07, 6.45) is 1.53. The maximum absolute atomic E-state index is 12.8. The van der Waals surface area contributed by atoms with Gasteiger partial charge in [-0.2, -0.15) is 0 Å². The summed E-state index contributed by atoms with van der Waals surface area (Å²) in [4.78, 5) is 25.2. The molecule has 1 aliphatic rings. The molecule has 3 aromatic carbocycles. The van der Waals surface area contributed by atoms with Gasteiger partial charge in [-0.25, -0.2) is 5.01 Å². The maximum Gasteiger partial charge on any atom is 0.282 e. The second-order valence-corrected chi connectivity index (χ2v) is 8.29. The van der Waals surface area contributed by atoms with E-state index in [4.69, 9.17) is 21.1 Å². The number of halogens is 2. The number of hydrogen-bond donors (Lipinski definition) is 1. The molecule has 4 rings (SSSR count). The number of hydrogen-bond acceptors (Lipinski definition) is 4. The van der Waals surface area contributed by atoms with Crippen molar-refractivity contribution in [3.05, 3.63) is 92.9 Å². The van der Waals surface area contributed by atoms with Gasteiger partial charge in [0.25, 0.3) is 11.8 Å². The molecular weight excluding hydrogens is 496 g/mol. The van der Waals surface area contributed by atoms with E-state index in [0.29, 0.717) is 34.4 Å². The van der Waals surface area contributed by atoms with E-state index in [9.17, 15) is 9.59 Å². The van der Waals surface area contributed by atoms with Crippen LogP contribution in [-0.2, 0) is 16.2 Å². The van der Waals surface area contributed by atoms with Crippen molar-refractivity contribution in [2.75, 3.05) is 12.1 Å². The fourth-order valence-electron chi connectivity index (χ4n) is 3.13. The highest BCUT2D eigenvalue weighted by Gasteiger charge is 2.34. The summed E-state index contributed by atoms with van der Waals surface area (Å²) in [5.74, 6) is 0.131. The van der Waals surface area contributed by atoms with Gasteiger partial charge in [0.1, 0.15) is 12.2 Å². The molecule has 2 amide bonds. The summed E-state index contributed by atoms with van der Waals surface area (Å²) in [5.41, 5.74) is 4.79. The van der Waals surface area contributed by atoms with E-state index in [2.05, 4.69) is 21.4 Å². The van der Waals surface area contributed by atoms with Gasteiger partial charge in [0.15, 0.2) is 11.5 Å². The van der Waals surface area contributed by atoms with Gasteiger partial charge >= 0.3 is 0 Å². The Bertz CT molecular complexity index is 1190. The van der Waals surface area contributed by atoms with Crippen LogP contribution in [0.25, 0.3) is 6.08 Å². The molecule has 0 radical (unpaired) electrons. The number of benzene rings is 3. The number of anilines is 1. The highest BCUT2D eigenvalue weighted by molar-refractivity contribution is 9.10. The first-order valence-corrected chi connectivity index (χ1v) is 10.8. The molecule has 0 spiro atoms. The van der Waals surface area contributed by atoms with E-state index in [-0.39, 0.29) is 5.57 Å². The number of amides is 2. The molecule has 0 atom stereocenters. The lowest BCUT2D eigenvalue weighted by atomic mass is 10.1. The number of nitrogens with zero attached hydrogens (tertiary/aromatic N) is 1. The lowest BCUT2D eigenvalue weighted by Gasteiger charge is -2.14. The van der Waals surface area contributed by atoms with Gasteiger partial charge in [-0.05, 0) is 65.7 Å². The summed E-state index contributed by atoms with van der Waals surface area (Å²) < 4.78 is 12.2. The number of carbonyl (C=O) groups excluding carboxylic acids is 2. The SMILES string of the molecule is COc1cc(C=C2C(=O)NN(c3ccc(Br)cc3)C2=O)ccc1OCc1ccc(Cl)cc1. The Hall–Kier alpha value is -3.29. The van der Waals surface area contributed by atoms with Gasteiger partial charge in [-0.3, -0.25) is 15.0 Å². The van der Waals surface area contributed by atoms with Crippen molar-refractivity contribution in [2.45, 2.75) is 6.61 Å². The molecule has 1 N–H and O–H groups in total. The average molecular weight is 514 g/mol. The Morgan fingerprint density at radius 3 is 2.41 bits per heavy atom. The summed E-state index contributed by atoms with van der Waals surface area (Å²) in [6, 6.07) is 19.6. The van der Waals surface area contributed by atoms with Crippen LogP contribution in [-0.4, -0.2) is 18.9 Å². The first-order chi connectivity index (χ1) is 15.4. The van der Waals surface area contributed by atoms with Crippen LogP contribution in [0.4, 0.5) is 5.69 Å². The minimum atomic E-state index is -0.472. The lowest BCUT2D eigenvalue weighted by Crippen LogP contribution is -2.35. The van der Waals surface area contributed by atoms with Crippen LogP contribution >= 0.6 is 27.5 Å². The summed E-state index contributed by atoms with van der Waals surface area (Å²) in [6.45, 7) is 0.344. The van der Waals surface area contributed by atoms with Gasteiger partial charge in [0, 0.05) is 9.50 Å². The van der Waals surface area contributed by atoms with Gasteiger partial charge < -0.3 is 9.47 Å². The third kappa shape index (κ3) is 4.79.